The van der Waals surface area contributed by atoms with Crippen LogP contribution in [0.15, 0.2) is 24.4 Å². The van der Waals surface area contributed by atoms with E-state index in [-0.39, 0.29) is 12.2 Å². The second-order valence-electron chi connectivity index (χ2n) is 4.03. The van der Waals surface area contributed by atoms with Gasteiger partial charge in [0, 0.05) is 13.5 Å². The van der Waals surface area contributed by atoms with Gasteiger partial charge in [-0.1, -0.05) is 29.3 Å². The Labute approximate surface area is 120 Å². The van der Waals surface area contributed by atoms with Crippen LogP contribution in [0, 0.1) is 0 Å². The summed E-state index contributed by atoms with van der Waals surface area (Å²) >= 11 is 11.8. The Kier molecular flexibility index (Phi) is 4.12. The van der Waals surface area contributed by atoms with Crippen LogP contribution in [0.1, 0.15) is 16.1 Å². The Hall–Kier alpha value is -1.52. The van der Waals surface area contributed by atoms with Crippen molar-refractivity contribution in [1.82, 2.24) is 9.78 Å². The van der Waals surface area contributed by atoms with Gasteiger partial charge < -0.3 is 4.74 Å². The fourth-order valence-corrected chi connectivity index (χ4v) is 2.12. The van der Waals surface area contributed by atoms with E-state index in [2.05, 4.69) is 5.10 Å². The molecule has 2 aromatic rings. The lowest BCUT2D eigenvalue weighted by atomic mass is 10.1. The fourth-order valence-electron chi connectivity index (χ4n) is 1.80. The van der Waals surface area contributed by atoms with Crippen LogP contribution in [0.3, 0.4) is 0 Å². The van der Waals surface area contributed by atoms with E-state index in [4.69, 9.17) is 27.9 Å². The second kappa shape index (κ2) is 5.63. The third-order valence-corrected chi connectivity index (χ3v) is 3.48. The average Bonchev–Trinajstić information content (AvgIpc) is 2.75. The highest BCUT2D eigenvalue weighted by Crippen LogP contribution is 2.24. The molecule has 0 amide bonds. The Morgan fingerprint density at radius 3 is 2.74 bits per heavy atom. The van der Waals surface area contributed by atoms with Gasteiger partial charge in [-0.3, -0.25) is 9.48 Å². The largest absolute Gasteiger partial charge is 0.493 e. The number of nitrogens with zero attached hydrogens (tertiary/aromatic N) is 2. The average molecular weight is 299 g/mol. The van der Waals surface area contributed by atoms with Gasteiger partial charge in [0.15, 0.2) is 11.5 Å². The van der Waals surface area contributed by atoms with Gasteiger partial charge in [-0.2, -0.15) is 5.10 Å². The van der Waals surface area contributed by atoms with E-state index in [1.54, 1.807) is 25.2 Å². The molecule has 0 fully saturated rings. The number of benzene rings is 1. The zero-order valence-electron chi connectivity index (χ0n) is 10.5. The number of methoxy groups -OCH3 is 1. The highest BCUT2D eigenvalue weighted by molar-refractivity contribution is 6.42. The number of hydrogen-bond acceptors (Lipinski definition) is 3. The summed E-state index contributed by atoms with van der Waals surface area (Å²) in [5.41, 5.74) is 1.23. The molecule has 0 aliphatic heterocycles. The molecule has 1 aromatic carbocycles. The maximum Gasteiger partial charge on any atom is 0.189 e. The van der Waals surface area contributed by atoms with Gasteiger partial charge in [0.1, 0.15) is 5.69 Å². The van der Waals surface area contributed by atoms with Crippen LogP contribution in [0.5, 0.6) is 5.75 Å². The van der Waals surface area contributed by atoms with Crippen LogP contribution in [-0.2, 0) is 13.5 Å². The molecule has 0 radical (unpaired) electrons. The summed E-state index contributed by atoms with van der Waals surface area (Å²) in [5, 5.41) is 4.91. The maximum absolute atomic E-state index is 12.3. The lowest BCUT2D eigenvalue weighted by Gasteiger charge is -2.05. The van der Waals surface area contributed by atoms with Crippen LogP contribution in [-0.4, -0.2) is 22.7 Å². The van der Waals surface area contributed by atoms with E-state index in [1.807, 2.05) is 0 Å². The summed E-state index contributed by atoms with van der Waals surface area (Å²) in [7, 11) is 3.21. The molecule has 0 atom stereocenters. The van der Waals surface area contributed by atoms with E-state index < -0.39 is 0 Å². The number of halogens is 2. The summed E-state index contributed by atoms with van der Waals surface area (Å²) in [6, 6.07) is 5.13. The molecule has 0 aliphatic rings. The smallest absolute Gasteiger partial charge is 0.189 e. The molecular weight excluding hydrogens is 287 g/mol. The Morgan fingerprint density at radius 2 is 2.11 bits per heavy atom. The molecule has 0 saturated heterocycles. The standard InChI is InChI=1S/C13H12Cl2N2O2/c1-17-13(12(19-2)7-16-17)11(18)6-8-3-4-9(14)10(15)5-8/h3-5,7H,6H2,1-2H3. The van der Waals surface area contributed by atoms with Crippen LogP contribution in [0.25, 0.3) is 0 Å². The highest BCUT2D eigenvalue weighted by atomic mass is 35.5. The first-order valence-electron chi connectivity index (χ1n) is 5.56. The highest BCUT2D eigenvalue weighted by Gasteiger charge is 2.18. The van der Waals surface area contributed by atoms with Crippen molar-refractivity contribution < 1.29 is 9.53 Å². The quantitative estimate of drug-likeness (QED) is 0.815. The van der Waals surface area contributed by atoms with Crippen LogP contribution < -0.4 is 4.74 Å². The summed E-state index contributed by atoms with van der Waals surface area (Å²) in [6.07, 6.45) is 1.73. The van der Waals surface area contributed by atoms with E-state index in [1.165, 1.54) is 18.0 Å². The number of ketones is 1. The molecular formula is C13H12Cl2N2O2. The summed E-state index contributed by atoms with van der Waals surface area (Å²) < 4.78 is 6.62. The van der Waals surface area contributed by atoms with E-state index in [9.17, 15) is 4.79 Å². The molecule has 1 aromatic heterocycles. The fraction of sp³-hybridized carbons (Fsp3) is 0.231. The number of carbonyl (C=O) groups is 1. The molecule has 1 heterocycles. The van der Waals surface area contributed by atoms with Gasteiger partial charge in [0.25, 0.3) is 0 Å². The minimum Gasteiger partial charge on any atom is -0.493 e. The van der Waals surface area contributed by atoms with Gasteiger partial charge in [-0.05, 0) is 17.7 Å². The summed E-state index contributed by atoms with van der Waals surface area (Å²) in [5.74, 6) is 0.378. The molecule has 2 rings (SSSR count). The Morgan fingerprint density at radius 1 is 1.37 bits per heavy atom. The van der Waals surface area contributed by atoms with Crippen molar-refractivity contribution in [1.29, 1.82) is 0 Å². The summed E-state index contributed by atoms with van der Waals surface area (Å²) in [4.78, 5) is 12.3. The zero-order valence-corrected chi connectivity index (χ0v) is 12.0. The zero-order chi connectivity index (χ0) is 14.0. The topological polar surface area (TPSA) is 44.1 Å². The van der Waals surface area contributed by atoms with Crippen LogP contribution in [0.4, 0.5) is 0 Å². The molecule has 0 saturated carbocycles. The lowest BCUT2D eigenvalue weighted by Crippen LogP contribution is -2.11. The number of aryl methyl sites for hydroxylation is 1. The Balaban J connectivity index is 2.25. The van der Waals surface area contributed by atoms with Crippen LogP contribution >= 0.6 is 23.2 Å². The van der Waals surface area contributed by atoms with Crippen molar-refractivity contribution in [2.24, 2.45) is 7.05 Å². The molecule has 6 heteroatoms. The lowest BCUT2D eigenvalue weighted by molar-refractivity contribution is 0.0981. The van der Waals surface area contributed by atoms with Crippen molar-refractivity contribution in [2.45, 2.75) is 6.42 Å². The van der Waals surface area contributed by atoms with Crippen molar-refractivity contribution in [3.05, 3.63) is 45.7 Å². The van der Waals surface area contributed by atoms with Crippen molar-refractivity contribution in [3.8, 4) is 5.75 Å². The van der Waals surface area contributed by atoms with E-state index in [0.717, 1.165) is 5.56 Å². The molecule has 0 spiro atoms. The van der Waals surface area contributed by atoms with Crippen molar-refractivity contribution in [3.63, 3.8) is 0 Å². The van der Waals surface area contributed by atoms with Gasteiger partial charge in [0.2, 0.25) is 0 Å². The third kappa shape index (κ3) is 2.91. The van der Waals surface area contributed by atoms with Crippen molar-refractivity contribution >= 4 is 29.0 Å². The first-order valence-corrected chi connectivity index (χ1v) is 6.31. The molecule has 0 unspecified atom stereocenters. The first kappa shape index (κ1) is 13.9. The number of rotatable bonds is 4. The number of carbonyl (C=O) groups excluding carboxylic acids is 1. The predicted octanol–water partition coefficient (Wildman–Crippen LogP) is 3.16. The molecule has 19 heavy (non-hydrogen) atoms. The molecule has 0 N–H and O–H groups in total. The molecule has 100 valence electrons. The monoisotopic (exact) mass is 298 g/mol. The predicted molar refractivity (Wildman–Crippen MR) is 74.3 cm³/mol. The van der Waals surface area contributed by atoms with Gasteiger partial charge in [-0.15, -0.1) is 0 Å². The van der Waals surface area contributed by atoms with E-state index >= 15 is 0 Å². The van der Waals surface area contributed by atoms with Crippen molar-refractivity contribution in [2.75, 3.05) is 7.11 Å². The first-order chi connectivity index (χ1) is 9.02. The molecule has 0 aliphatic carbocycles. The van der Waals surface area contributed by atoms with Gasteiger partial charge in [-0.25, -0.2) is 0 Å². The Bertz CT molecular complexity index is 623. The van der Waals surface area contributed by atoms with Gasteiger partial charge in [0.05, 0.1) is 23.4 Å². The van der Waals surface area contributed by atoms with E-state index in [0.29, 0.717) is 21.5 Å². The minimum atomic E-state index is -0.0877. The number of hydrogen-bond donors (Lipinski definition) is 0. The SMILES string of the molecule is COc1cnn(C)c1C(=O)Cc1ccc(Cl)c(Cl)c1. The van der Waals surface area contributed by atoms with Gasteiger partial charge >= 0.3 is 0 Å². The normalized spacial score (nSPS) is 10.5. The van der Waals surface area contributed by atoms with Crippen LogP contribution in [0.2, 0.25) is 10.0 Å². The molecule has 4 nitrogen and oxygen atoms in total. The number of aromatic nitrogens is 2. The summed E-state index contributed by atoms with van der Waals surface area (Å²) in [6.45, 7) is 0. The number of ether oxygens (including phenoxy) is 1. The minimum absolute atomic E-state index is 0.0877. The molecule has 0 bridgehead atoms. The maximum atomic E-state index is 12.3. The third-order valence-electron chi connectivity index (χ3n) is 2.74. The number of Topliss-reactive ketones (excluding diaryl/α,β-unsaturated/α-hetero) is 1. The second-order valence-corrected chi connectivity index (χ2v) is 4.85.